The van der Waals surface area contributed by atoms with Gasteiger partial charge in [-0.2, -0.15) is 5.26 Å². The SMILES string of the molecule is N#Cc1ccc(F)c(COC(=O)c2ccc(Cl)c(S(=O)(=O)N3CCc4ccccc43)c2)c1. The number of halogens is 2. The first-order valence-corrected chi connectivity index (χ1v) is 11.4. The summed E-state index contributed by atoms with van der Waals surface area (Å²) < 4.78 is 46.9. The van der Waals surface area contributed by atoms with Gasteiger partial charge in [-0.05, 0) is 54.4 Å². The molecule has 1 aliphatic rings. The maximum atomic E-state index is 13.9. The van der Waals surface area contributed by atoms with E-state index in [1.54, 1.807) is 12.1 Å². The topological polar surface area (TPSA) is 87.5 Å². The molecule has 162 valence electrons. The summed E-state index contributed by atoms with van der Waals surface area (Å²) in [6, 6.07) is 16.6. The van der Waals surface area contributed by atoms with Gasteiger partial charge in [-0.3, -0.25) is 4.31 Å². The molecule has 0 aliphatic carbocycles. The van der Waals surface area contributed by atoms with Crippen LogP contribution in [0.1, 0.15) is 27.0 Å². The monoisotopic (exact) mass is 470 g/mol. The van der Waals surface area contributed by atoms with Crippen LogP contribution in [-0.4, -0.2) is 20.9 Å². The molecule has 1 heterocycles. The van der Waals surface area contributed by atoms with E-state index in [9.17, 15) is 17.6 Å². The number of para-hydroxylation sites is 1. The normalized spacial score (nSPS) is 12.8. The number of carbonyl (C=O) groups is 1. The summed E-state index contributed by atoms with van der Waals surface area (Å²) in [6.45, 7) is -0.147. The predicted molar refractivity (Wildman–Crippen MR) is 116 cm³/mol. The van der Waals surface area contributed by atoms with Crippen molar-refractivity contribution in [1.29, 1.82) is 5.26 Å². The van der Waals surface area contributed by atoms with Crippen molar-refractivity contribution in [3.05, 3.63) is 93.8 Å². The molecular weight excluding hydrogens is 455 g/mol. The molecule has 0 unspecified atom stereocenters. The summed E-state index contributed by atoms with van der Waals surface area (Å²) in [5.74, 6) is -1.47. The Labute approximate surface area is 189 Å². The fourth-order valence-corrected chi connectivity index (χ4v) is 5.49. The zero-order chi connectivity index (χ0) is 22.9. The Morgan fingerprint density at radius 3 is 2.72 bits per heavy atom. The average Bonchev–Trinajstić information content (AvgIpc) is 3.23. The highest BCUT2D eigenvalue weighted by molar-refractivity contribution is 7.93. The van der Waals surface area contributed by atoms with E-state index < -0.39 is 28.4 Å². The molecule has 4 rings (SSSR count). The lowest BCUT2D eigenvalue weighted by Gasteiger charge is -2.20. The van der Waals surface area contributed by atoms with Crippen molar-refractivity contribution in [3.8, 4) is 6.07 Å². The molecule has 0 radical (unpaired) electrons. The Morgan fingerprint density at radius 2 is 1.94 bits per heavy atom. The number of ether oxygens (including phenoxy) is 1. The van der Waals surface area contributed by atoms with E-state index in [0.717, 1.165) is 17.7 Å². The Morgan fingerprint density at radius 1 is 1.16 bits per heavy atom. The summed E-state index contributed by atoms with van der Waals surface area (Å²) >= 11 is 6.18. The van der Waals surface area contributed by atoms with Crippen molar-refractivity contribution in [2.45, 2.75) is 17.9 Å². The van der Waals surface area contributed by atoms with E-state index in [2.05, 4.69) is 0 Å². The summed E-state index contributed by atoms with van der Waals surface area (Å²) in [5, 5.41) is 8.91. The molecule has 9 heteroatoms. The van der Waals surface area contributed by atoms with Crippen LogP contribution in [0.2, 0.25) is 5.02 Å². The minimum absolute atomic E-state index is 0.0290. The standard InChI is InChI=1S/C23H16ClFN2O4S/c24-19-7-6-17(23(28)31-14-18-11-15(13-26)5-8-20(18)25)12-22(19)32(29,30)27-10-9-16-3-1-2-4-21(16)27/h1-8,11-12H,9-10,14H2. The molecule has 0 saturated heterocycles. The van der Waals surface area contributed by atoms with Gasteiger partial charge in [-0.25, -0.2) is 17.6 Å². The first-order chi connectivity index (χ1) is 15.3. The van der Waals surface area contributed by atoms with Gasteiger partial charge in [0.2, 0.25) is 0 Å². The van der Waals surface area contributed by atoms with Crippen molar-refractivity contribution in [1.82, 2.24) is 0 Å². The van der Waals surface area contributed by atoms with Crippen molar-refractivity contribution < 1.29 is 22.3 Å². The molecule has 3 aromatic rings. The van der Waals surface area contributed by atoms with E-state index in [0.29, 0.717) is 12.1 Å². The van der Waals surface area contributed by atoms with E-state index in [1.165, 1.54) is 28.6 Å². The second-order valence-corrected chi connectivity index (χ2v) is 9.33. The molecule has 0 N–H and O–H groups in total. The lowest BCUT2D eigenvalue weighted by atomic mass is 10.1. The zero-order valence-corrected chi connectivity index (χ0v) is 18.2. The van der Waals surface area contributed by atoms with Gasteiger partial charge < -0.3 is 4.74 Å². The van der Waals surface area contributed by atoms with Crippen molar-refractivity contribution in [3.63, 3.8) is 0 Å². The van der Waals surface area contributed by atoms with Crippen LogP contribution < -0.4 is 4.31 Å². The van der Waals surface area contributed by atoms with Crippen LogP contribution in [0.25, 0.3) is 0 Å². The number of hydrogen-bond donors (Lipinski definition) is 0. The second kappa shape index (κ2) is 8.61. The Hall–Kier alpha value is -3.41. The Bertz CT molecular complexity index is 1370. The Balaban J connectivity index is 1.59. The summed E-state index contributed by atoms with van der Waals surface area (Å²) in [6.07, 6.45) is 0.572. The highest BCUT2D eigenvalue weighted by Crippen LogP contribution is 2.35. The number of fused-ring (bicyclic) bond motifs is 1. The molecule has 0 fully saturated rings. The largest absolute Gasteiger partial charge is 0.457 e. The van der Waals surface area contributed by atoms with E-state index in [4.69, 9.17) is 21.6 Å². The molecule has 3 aromatic carbocycles. The van der Waals surface area contributed by atoms with E-state index >= 15 is 0 Å². The van der Waals surface area contributed by atoms with E-state index in [1.807, 2.05) is 18.2 Å². The van der Waals surface area contributed by atoms with Gasteiger partial charge in [0.25, 0.3) is 10.0 Å². The maximum Gasteiger partial charge on any atom is 0.338 e. The third-order valence-corrected chi connectivity index (χ3v) is 7.41. The first-order valence-electron chi connectivity index (χ1n) is 9.57. The number of rotatable bonds is 5. The summed E-state index contributed by atoms with van der Waals surface area (Å²) in [4.78, 5) is 12.3. The van der Waals surface area contributed by atoms with Gasteiger partial charge in [0, 0.05) is 12.1 Å². The van der Waals surface area contributed by atoms with Crippen LogP contribution in [0.5, 0.6) is 0 Å². The third kappa shape index (κ3) is 4.05. The number of benzene rings is 3. The van der Waals surface area contributed by atoms with Gasteiger partial charge in [-0.1, -0.05) is 29.8 Å². The maximum absolute atomic E-state index is 13.9. The van der Waals surface area contributed by atoms with Gasteiger partial charge in [0.1, 0.15) is 17.3 Å². The fourth-order valence-electron chi connectivity index (χ4n) is 3.49. The molecule has 0 saturated carbocycles. The predicted octanol–water partition coefficient (Wildman–Crippen LogP) is 4.46. The number of sulfonamides is 1. The molecule has 0 aromatic heterocycles. The number of nitrogens with zero attached hydrogens (tertiary/aromatic N) is 2. The molecular formula is C23H16ClFN2O4S. The molecule has 0 bridgehead atoms. The Kier molecular flexibility index (Phi) is 5.87. The number of carbonyl (C=O) groups excluding carboxylic acids is 1. The van der Waals surface area contributed by atoms with Gasteiger partial charge in [0.05, 0.1) is 27.9 Å². The lowest BCUT2D eigenvalue weighted by Crippen LogP contribution is -2.29. The van der Waals surface area contributed by atoms with Crippen LogP contribution in [0, 0.1) is 17.1 Å². The zero-order valence-electron chi connectivity index (χ0n) is 16.6. The minimum atomic E-state index is -4.02. The smallest absolute Gasteiger partial charge is 0.338 e. The minimum Gasteiger partial charge on any atom is -0.457 e. The van der Waals surface area contributed by atoms with Gasteiger partial charge >= 0.3 is 5.97 Å². The van der Waals surface area contributed by atoms with Gasteiger partial charge in [0.15, 0.2) is 0 Å². The number of hydrogen-bond acceptors (Lipinski definition) is 5. The quantitative estimate of drug-likeness (QED) is 0.514. The summed E-state index contributed by atoms with van der Waals surface area (Å²) in [5.41, 5.74) is 1.70. The number of nitriles is 1. The summed E-state index contributed by atoms with van der Waals surface area (Å²) in [7, 11) is -4.02. The van der Waals surface area contributed by atoms with Crippen molar-refractivity contribution in [2.24, 2.45) is 0 Å². The van der Waals surface area contributed by atoms with Crippen LogP contribution in [-0.2, 0) is 27.8 Å². The van der Waals surface area contributed by atoms with Crippen LogP contribution in [0.3, 0.4) is 0 Å². The highest BCUT2D eigenvalue weighted by Gasteiger charge is 2.32. The highest BCUT2D eigenvalue weighted by atomic mass is 35.5. The van der Waals surface area contributed by atoms with E-state index in [-0.39, 0.29) is 33.2 Å². The molecule has 0 atom stereocenters. The van der Waals surface area contributed by atoms with Crippen LogP contribution >= 0.6 is 11.6 Å². The molecule has 0 amide bonds. The average molecular weight is 471 g/mol. The van der Waals surface area contributed by atoms with Crippen LogP contribution in [0.15, 0.2) is 65.6 Å². The number of esters is 1. The second-order valence-electron chi connectivity index (χ2n) is 7.10. The third-order valence-electron chi connectivity index (χ3n) is 5.11. The van der Waals surface area contributed by atoms with Crippen molar-refractivity contribution >= 4 is 33.3 Å². The fraction of sp³-hybridized carbons (Fsp3) is 0.130. The molecule has 32 heavy (non-hydrogen) atoms. The van der Waals surface area contributed by atoms with Crippen molar-refractivity contribution in [2.75, 3.05) is 10.8 Å². The molecule has 1 aliphatic heterocycles. The lowest BCUT2D eigenvalue weighted by molar-refractivity contribution is 0.0468. The molecule has 0 spiro atoms. The van der Waals surface area contributed by atoms with Gasteiger partial charge in [-0.15, -0.1) is 0 Å². The van der Waals surface area contributed by atoms with Crippen LogP contribution in [0.4, 0.5) is 10.1 Å². The molecule has 6 nitrogen and oxygen atoms in total. The first kappa shape index (κ1) is 21.8. The number of anilines is 1.